The van der Waals surface area contributed by atoms with Gasteiger partial charge >= 0.3 is 0 Å². The minimum Gasteiger partial charge on any atom is -0.493 e. The predicted octanol–water partition coefficient (Wildman–Crippen LogP) is 4.70. The Balaban J connectivity index is 1.47. The highest BCUT2D eigenvalue weighted by molar-refractivity contribution is 5.85. The van der Waals surface area contributed by atoms with Crippen molar-refractivity contribution in [2.75, 3.05) is 20.8 Å². The number of aromatic amines is 1. The summed E-state index contributed by atoms with van der Waals surface area (Å²) in [5.41, 5.74) is 6.73. The van der Waals surface area contributed by atoms with Gasteiger partial charge < -0.3 is 19.8 Å². The predicted molar refractivity (Wildman–Crippen MR) is 110 cm³/mol. The first-order valence-electron chi connectivity index (χ1n) is 9.75. The Kier molecular flexibility index (Phi) is 5.08. The van der Waals surface area contributed by atoms with Gasteiger partial charge in [0.25, 0.3) is 0 Å². The number of hydrogen-bond donors (Lipinski definition) is 2. The maximum atomic E-state index is 5.41. The molecule has 0 radical (unpaired) electrons. The Morgan fingerprint density at radius 1 is 1.07 bits per heavy atom. The van der Waals surface area contributed by atoms with Gasteiger partial charge in [0.05, 0.1) is 14.2 Å². The third-order valence-electron chi connectivity index (χ3n) is 5.62. The molecule has 1 aromatic heterocycles. The lowest BCUT2D eigenvalue weighted by Gasteiger charge is -2.24. The quantitative estimate of drug-likeness (QED) is 0.666. The SMILES string of the molecule is COc1ccc(CCN[C@H]2CCCc3c2[nH]c2ccc(C)cc32)cc1OC. The van der Waals surface area contributed by atoms with Gasteiger partial charge in [-0.05, 0) is 74.5 Å². The van der Waals surface area contributed by atoms with E-state index in [1.165, 1.54) is 52.5 Å². The van der Waals surface area contributed by atoms with E-state index in [0.29, 0.717) is 6.04 Å². The van der Waals surface area contributed by atoms with Crippen molar-refractivity contribution < 1.29 is 9.47 Å². The van der Waals surface area contributed by atoms with E-state index < -0.39 is 0 Å². The summed E-state index contributed by atoms with van der Waals surface area (Å²) in [7, 11) is 3.35. The number of ether oxygens (including phenoxy) is 2. The van der Waals surface area contributed by atoms with Crippen LogP contribution in [0.3, 0.4) is 0 Å². The van der Waals surface area contributed by atoms with Crippen LogP contribution in [-0.4, -0.2) is 25.7 Å². The summed E-state index contributed by atoms with van der Waals surface area (Å²) in [5, 5.41) is 5.16. The van der Waals surface area contributed by atoms with Crippen LogP contribution in [0.25, 0.3) is 10.9 Å². The fraction of sp³-hybridized carbons (Fsp3) is 0.391. The molecule has 0 spiro atoms. The van der Waals surface area contributed by atoms with Crippen molar-refractivity contribution in [3.8, 4) is 11.5 Å². The van der Waals surface area contributed by atoms with Crippen molar-refractivity contribution in [3.63, 3.8) is 0 Å². The molecule has 0 amide bonds. The van der Waals surface area contributed by atoms with E-state index in [1.807, 2.05) is 6.07 Å². The monoisotopic (exact) mass is 364 g/mol. The fourth-order valence-corrected chi connectivity index (χ4v) is 4.21. The lowest BCUT2D eigenvalue weighted by molar-refractivity contribution is 0.354. The molecule has 0 saturated carbocycles. The Labute approximate surface area is 160 Å². The lowest BCUT2D eigenvalue weighted by Crippen LogP contribution is -2.27. The molecule has 2 N–H and O–H groups in total. The Hall–Kier alpha value is -2.46. The summed E-state index contributed by atoms with van der Waals surface area (Å²) in [4.78, 5) is 3.68. The smallest absolute Gasteiger partial charge is 0.160 e. The van der Waals surface area contributed by atoms with Gasteiger partial charge in [-0.2, -0.15) is 0 Å². The van der Waals surface area contributed by atoms with Crippen LogP contribution in [-0.2, 0) is 12.8 Å². The second-order valence-corrected chi connectivity index (χ2v) is 7.40. The number of rotatable bonds is 6. The van der Waals surface area contributed by atoms with Crippen molar-refractivity contribution >= 4 is 10.9 Å². The van der Waals surface area contributed by atoms with Crippen LogP contribution >= 0.6 is 0 Å². The van der Waals surface area contributed by atoms with E-state index in [1.54, 1.807) is 14.2 Å². The molecule has 1 heterocycles. The molecule has 3 aromatic rings. The van der Waals surface area contributed by atoms with Crippen LogP contribution in [0.15, 0.2) is 36.4 Å². The molecule has 4 heteroatoms. The van der Waals surface area contributed by atoms with Crippen LogP contribution in [0.1, 0.15) is 41.3 Å². The highest BCUT2D eigenvalue weighted by Gasteiger charge is 2.23. The molecule has 0 aliphatic heterocycles. The number of nitrogens with one attached hydrogen (secondary N) is 2. The molecule has 142 valence electrons. The van der Waals surface area contributed by atoms with Gasteiger partial charge in [0.2, 0.25) is 0 Å². The zero-order chi connectivity index (χ0) is 18.8. The number of methoxy groups -OCH3 is 2. The molecule has 1 aliphatic carbocycles. The summed E-state index contributed by atoms with van der Waals surface area (Å²) in [6.45, 7) is 3.11. The third-order valence-corrected chi connectivity index (χ3v) is 5.62. The number of hydrogen-bond acceptors (Lipinski definition) is 3. The van der Waals surface area contributed by atoms with Gasteiger partial charge in [0.15, 0.2) is 11.5 Å². The highest BCUT2D eigenvalue weighted by Crippen LogP contribution is 2.35. The molecule has 0 fully saturated rings. The highest BCUT2D eigenvalue weighted by atomic mass is 16.5. The molecule has 0 saturated heterocycles. The van der Waals surface area contributed by atoms with E-state index in [0.717, 1.165) is 24.5 Å². The lowest BCUT2D eigenvalue weighted by atomic mass is 9.91. The molecule has 1 aliphatic rings. The molecule has 4 rings (SSSR count). The summed E-state index contributed by atoms with van der Waals surface area (Å²) in [5.74, 6) is 1.57. The van der Waals surface area contributed by atoms with Gasteiger partial charge in [-0.15, -0.1) is 0 Å². The van der Waals surface area contributed by atoms with Gasteiger partial charge in [0.1, 0.15) is 0 Å². The van der Waals surface area contributed by atoms with Gasteiger partial charge in [0, 0.05) is 22.6 Å². The van der Waals surface area contributed by atoms with Crippen molar-refractivity contribution in [1.82, 2.24) is 10.3 Å². The normalized spacial score (nSPS) is 16.3. The van der Waals surface area contributed by atoms with E-state index in [4.69, 9.17) is 9.47 Å². The zero-order valence-electron chi connectivity index (χ0n) is 16.4. The molecule has 27 heavy (non-hydrogen) atoms. The first kappa shape index (κ1) is 17.9. The second kappa shape index (κ2) is 7.65. The Morgan fingerprint density at radius 3 is 2.74 bits per heavy atom. The molecular weight excluding hydrogens is 336 g/mol. The topological polar surface area (TPSA) is 46.3 Å². The second-order valence-electron chi connectivity index (χ2n) is 7.40. The Bertz CT molecular complexity index is 945. The number of H-pyrrole nitrogens is 1. The first-order chi connectivity index (χ1) is 13.2. The Morgan fingerprint density at radius 2 is 1.93 bits per heavy atom. The third kappa shape index (κ3) is 3.54. The minimum absolute atomic E-state index is 0.404. The van der Waals surface area contributed by atoms with Crippen molar-refractivity contribution in [1.29, 1.82) is 0 Å². The van der Waals surface area contributed by atoms with Crippen LogP contribution < -0.4 is 14.8 Å². The molecule has 0 bridgehead atoms. The van der Waals surface area contributed by atoms with E-state index in [9.17, 15) is 0 Å². The molecule has 0 unspecified atom stereocenters. The van der Waals surface area contributed by atoms with Crippen molar-refractivity contribution in [3.05, 3.63) is 58.8 Å². The minimum atomic E-state index is 0.404. The number of aromatic nitrogens is 1. The average molecular weight is 364 g/mol. The van der Waals surface area contributed by atoms with Crippen molar-refractivity contribution in [2.45, 2.75) is 38.6 Å². The maximum absolute atomic E-state index is 5.41. The average Bonchev–Trinajstić information content (AvgIpc) is 3.06. The summed E-state index contributed by atoms with van der Waals surface area (Å²) in [6, 6.07) is 13.3. The van der Waals surface area contributed by atoms with Gasteiger partial charge in [-0.3, -0.25) is 0 Å². The number of fused-ring (bicyclic) bond motifs is 3. The van der Waals surface area contributed by atoms with Crippen LogP contribution in [0, 0.1) is 6.92 Å². The van der Waals surface area contributed by atoms with Crippen LogP contribution in [0.2, 0.25) is 0 Å². The van der Waals surface area contributed by atoms with Crippen LogP contribution in [0.5, 0.6) is 11.5 Å². The summed E-state index contributed by atoms with van der Waals surface area (Å²) >= 11 is 0. The molecule has 1 atom stereocenters. The van der Waals surface area contributed by atoms with Gasteiger partial charge in [-0.25, -0.2) is 0 Å². The van der Waals surface area contributed by atoms with E-state index >= 15 is 0 Å². The zero-order valence-corrected chi connectivity index (χ0v) is 16.4. The van der Waals surface area contributed by atoms with E-state index in [-0.39, 0.29) is 0 Å². The van der Waals surface area contributed by atoms with E-state index in [2.05, 4.69) is 47.6 Å². The first-order valence-corrected chi connectivity index (χ1v) is 9.75. The van der Waals surface area contributed by atoms with Crippen molar-refractivity contribution in [2.24, 2.45) is 0 Å². The largest absolute Gasteiger partial charge is 0.493 e. The fourth-order valence-electron chi connectivity index (χ4n) is 4.21. The van der Waals surface area contributed by atoms with Crippen LogP contribution in [0.4, 0.5) is 0 Å². The number of aryl methyl sites for hydroxylation is 2. The van der Waals surface area contributed by atoms with Gasteiger partial charge in [-0.1, -0.05) is 17.7 Å². The molecule has 2 aromatic carbocycles. The standard InChI is InChI=1S/C23H28N2O2/c1-15-7-9-19-18(13-15)17-5-4-6-20(23(17)25-19)24-12-11-16-8-10-21(26-2)22(14-16)27-3/h7-10,13-14,20,24-25H,4-6,11-12H2,1-3H3/t20-/m0/s1. The number of benzene rings is 2. The maximum Gasteiger partial charge on any atom is 0.160 e. The molecule has 4 nitrogen and oxygen atoms in total. The summed E-state index contributed by atoms with van der Waals surface area (Å²) < 4.78 is 10.7. The molecular formula is C23H28N2O2. The summed E-state index contributed by atoms with van der Waals surface area (Å²) in [6.07, 6.45) is 4.56.